The monoisotopic (exact) mass is 371 g/mol. The number of pyridine rings is 1. The van der Waals surface area contributed by atoms with Crippen LogP contribution in [-0.4, -0.2) is 24.0 Å². The van der Waals surface area contributed by atoms with Gasteiger partial charge < -0.3 is 15.8 Å². The molecule has 5 nitrogen and oxygen atoms in total. The number of ether oxygens (including phenoxy) is 1. The Kier molecular flexibility index (Phi) is 11.6. The SMILES string of the molecule is Cl.Cl.NCCCCNC(=O)c1cccc(OCc2cccnc2)c1. The maximum Gasteiger partial charge on any atom is 0.251 e. The minimum absolute atomic E-state index is 0. The molecule has 0 atom stereocenters. The van der Waals surface area contributed by atoms with Crippen molar-refractivity contribution in [3.05, 3.63) is 59.9 Å². The molecule has 0 bridgehead atoms. The number of nitrogens with zero attached hydrogens (tertiary/aromatic N) is 1. The van der Waals surface area contributed by atoms with Gasteiger partial charge in [-0.1, -0.05) is 12.1 Å². The Morgan fingerprint density at radius 3 is 2.71 bits per heavy atom. The zero-order valence-corrected chi connectivity index (χ0v) is 14.9. The molecule has 3 N–H and O–H groups in total. The fourth-order valence-corrected chi connectivity index (χ4v) is 1.95. The van der Waals surface area contributed by atoms with Gasteiger partial charge in [0.2, 0.25) is 0 Å². The van der Waals surface area contributed by atoms with Crippen LogP contribution in [0.3, 0.4) is 0 Å². The fraction of sp³-hybridized carbons (Fsp3) is 0.294. The first-order valence-corrected chi connectivity index (χ1v) is 7.39. The number of halogens is 2. The Hall–Kier alpha value is -1.82. The number of amides is 1. The van der Waals surface area contributed by atoms with Crippen molar-refractivity contribution in [1.29, 1.82) is 0 Å². The Morgan fingerprint density at radius 1 is 1.17 bits per heavy atom. The summed E-state index contributed by atoms with van der Waals surface area (Å²) in [5.41, 5.74) is 7.00. The lowest BCUT2D eigenvalue weighted by Gasteiger charge is -2.08. The van der Waals surface area contributed by atoms with Crippen LogP contribution >= 0.6 is 24.8 Å². The molecule has 0 aliphatic rings. The molecule has 1 aromatic heterocycles. The molecule has 0 spiro atoms. The number of unbranched alkanes of at least 4 members (excludes halogenated alkanes) is 1. The summed E-state index contributed by atoms with van der Waals surface area (Å²) < 4.78 is 5.69. The van der Waals surface area contributed by atoms with Crippen molar-refractivity contribution < 1.29 is 9.53 Å². The molecule has 132 valence electrons. The lowest BCUT2D eigenvalue weighted by molar-refractivity contribution is 0.0952. The molecule has 0 saturated heterocycles. The van der Waals surface area contributed by atoms with E-state index in [1.807, 2.05) is 24.3 Å². The lowest BCUT2D eigenvalue weighted by Crippen LogP contribution is -2.24. The molecule has 7 heteroatoms. The molecule has 2 aromatic rings. The minimum atomic E-state index is -0.0937. The van der Waals surface area contributed by atoms with Gasteiger partial charge in [0.05, 0.1) is 0 Å². The summed E-state index contributed by atoms with van der Waals surface area (Å²) >= 11 is 0. The van der Waals surface area contributed by atoms with Crippen LogP contribution in [0, 0.1) is 0 Å². The third-order valence-corrected chi connectivity index (χ3v) is 3.14. The summed E-state index contributed by atoms with van der Waals surface area (Å²) in [6.07, 6.45) is 5.28. The minimum Gasteiger partial charge on any atom is -0.489 e. The average Bonchev–Trinajstić information content (AvgIpc) is 2.58. The summed E-state index contributed by atoms with van der Waals surface area (Å²) in [6.45, 7) is 1.71. The topological polar surface area (TPSA) is 77.2 Å². The van der Waals surface area contributed by atoms with Gasteiger partial charge in [0, 0.05) is 30.1 Å². The van der Waals surface area contributed by atoms with Crippen molar-refractivity contribution in [1.82, 2.24) is 10.3 Å². The molecule has 0 radical (unpaired) electrons. The van der Waals surface area contributed by atoms with Crippen molar-refractivity contribution in [2.24, 2.45) is 5.73 Å². The standard InChI is InChI=1S/C17H21N3O2.2ClH/c18-8-1-2-10-20-17(21)15-6-3-7-16(11-15)22-13-14-5-4-9-19-12-14;;/h3-7,9,11-12H,1-2,8,10,13,18H2,(H,20,21);2*1H. The zero-order valence-electron chi connectivity index (χ0n) is 13.3. The van der Waals surface area contributed by atoms with E-state index in [0.717, 1.165) is 18.4 Å². The first-order valence-electron chi connectivity index (χ1n) is 7.39. The molecular formula is C17H23Cl2N3O2. The van der Waals surface area contributed by atoms with Crippen molar-refractivity contribution in [2.45, 2.75) is 19.4 Å². The van der Waals surface area contributed by atoms with Gasteiger partial charge in [-0.15, -0.1) is 24.8 Å². The van der Waals surface area contributed by atoms with Gasteiger partial charge in [-0.3, -0.25) is 9.78 Å². The van der Waals surface area contributed by atoms with E-state index in [-0.39, 0.29) is 30.7 Å². The second-order valence-corrected chi connectivity index (χ2v) is 4.93. The molecule has 0 fully saturated rings. The van der Waals surface area contributed by atoms with Crippen molar-refractivity contribution in [3.8, 4) is 5.75 Å². The molecule has 0 saturated carbocycles. The number of carbonyl (C=O) groups is 1. The van der Waals surface area contributed by atoms with E-state index in [2.05, 4.69) is 10.3 Å². The van der Waals surface area contributed by atoms with E-state index in [1.54, 1.807) is 24.5 Å². The number of carbonyl (C=O) groups excluding carboxylic acids is 1. The van der Waals surface area contributed by atoms with Crippen LogP contribution in [-0.2, 0) is 6.61 Å². The molecule has 0 aliphatic heterocycles. The predicted molar refractivity (Wildman–Crippen MR) is 100 cm³/mol. The third kappa shape index (κ3) is 7.64. The Bertz CT molecular complexity index is 597. The van der Waals surface area contributed by atoms with Gasteiger partial charge in [-0.25, -0.2) is 0 Å². The second kappa shape index (κ2) is 12.6. The molecular weight excluding hydrogens is 349 g/mol. The van der Waals surface area contributed by atoms with Crippen LogP contribution in [0.4, 0.5) is 0 Å². The molecule has 24 heavy (non-hydrogen) atoms. The number of rotatable bonds is 8. The largest absolute Gasteiger partial charge is 0.489 e. The highest BCUT2D eigenvalue weighted by Crippen LogP contribution is 2.15. The number of hydrogen-bond donors (Lipinski definition) is 2. The Labute approximate surface area is 154 Å². The molecule has 0 aliphatic carbocycles. The zero-order chi connectivity index (χ0) is 15.6. The number of hydrogen-bond acceptors (Lipinski definition) is 4. The Balaban J connectivity index is 0.00000264. The number of nitrogens with one attached hydrogen (secondary N) is 1. The fourth-order valence-electron chi connectivity index (χ4n) is 1.95. The maximum absolute atomic E-state index is 12.0. The van der Waals surface area contributed by atoms with Crippen molar-refractivity contribution >= 4 is 30.7 Å². The molecule has 0 unspecified atom stereocenters. The van der Waals surface area contributed by atoms with Crippen LogP contribution in [0.2, 0.25) is 0 Å². The van der Waals surface area contributed by atoms with Crippen LogP contribution in [0.1, 0.15) is 28.8 Å². The quantitative estimate of drug-likeness (QED) is 0.699. The molecule has 1 aromatic carbocycles. The summed E-state index contributed by atoms with van der Waals surface area (Å²) in [5, 5.41) is 2.87. The molecule has 2 rings (SSSR count). The van der Waals surface area contributed by atoms with Gasteiger partial charge in [0.25, 0.3) is 5.91 Å². The van der Waals surface area contributed by atoms with E-state index in [0.29, 0.717) is 31.0 Å². The third-order valence-electron chi connectivity index (χ3n) is 3.14. The van der Waals surface area contributed by atoms with Gasteiger partial charge >= 0.3 is 0 Å². The van der Waals surface area contributed by atoms with Crippen LogP contribution in [0.25, 0.3) is 0 Å². The van der Waals surface area contributed by atoms with Gasteiger partial charge in [-0.05, 0) is 43.7 Å². The predicted octanol–water partition coefficient (Wildman–Crippen LogP) is 2.97. The van der Waals surface area contributed by atoms with E-state index in [4.69, 9.17) is 10.5 Å². The van der Waals surface area contributed by atoms with E-state index in [1.165, 1.54) is 0 Å². The van der Waals surface area contributed by atoms with Crippen molar-refractivity contribution in [2.75, 3.05) is 13.1 Å². The lowest BCUT2D eigenvalue weighted by atomic mass is 10.2. The highest BCUT2D eigenvalue weighted by Gasteiger charge is 2.06. The first-order chi connectivity index (χ1) is 10.8. The first kappa shape index (κ1) is 22.2. The summed E-state index contributed by atoms with van der Waals surface area (Å²) in [6, 6.07) is 11.0. The van der Waals surface area contributed by atoms with Crippen LogP contribution in [0.15, 0.2) is 48.8 Å². The number of nitrogens with two attached hydrogens (primary N) is 1. The molecule has 1 amide bonds. The number of aromatic nitrogens is 1. The van der Waals surface area contributed by atoms with Crippen molar-refractivity contribution in [3.63, 3.8) is 0 Å². The van der Waals surface area contributed by atoms with Gasteiger partial charge in [0.15, 0.2) is 0 Å². The Morgan fingerprint density at radius 2 is 2.00 bits per heavy atom. The highest BCUT2D eigenvalue weighted by atomic mass is 35.5. The van der Waals surface area contributed by atoms with Gasteiger partial charge in [0.1, 0.15) is 12.4 Å². The summed E-state index contributed by atoms with van der Waals surface area (Å²) in [7, 11) is 0. The summed E-state index contributed by atoms with van der Waals surface area (Å²) in [5.74, 6) is 0.572. The normalized spacial score (nSPS) is 9.38. The average molecular weight is 372 g/mol. The summed E-state index contributed by atoms with van der Waals surface area (Å²) in [4.78, 5) is 16.1. The van der Waals surface area contributed by atoms with E-state index < -0.39 is 0 Å². The van der Waals surface area contributed by atoms with E-state index in [9.17, 15) is 4.79 Å². The maximum atomic E-state index is 12.0. The van der Waals surface area contributed by atoms with Crippen LogP contribution < -0.4 is 15.8 Å². The smallest absolute Gasteiger partial charge is 0.251 e. The van der Waals surface area contributed by atoms with E-state index >= 15 is 0 Å². The highest BCUT2D eigenvalue weighted by molar-refractivity contribution is 5.94. The number of benzene rings is 1. The van der Waals surface area contributed by atoms with Crippen LogP contribution in [0.5, 0.6) is 5.75 Å². The molecule has 1 heterocycles. The second-order valence-electron chi connectivity index (χ2n) is 4.93. The van der Waals surface area contributed by atoms with Gasteiger partial charge in [-0.2, -0.15) is 0 Å².